The summed E-state index contributed by atoms with van der Waals surface area (Å²) >= 11 is 0. The predicted octanol–water partition coefficient (Wildman–Crippen LogP) is 2.53. The van der Waals surface area contributed by atoms with Crippen LogP contribution in [-0.4, -0.2) is 52.7 Å². The van der Waals surface area contributed by atoms with E-state index in [1.54, 1.807) is 17.2 Å². The van der Waals surface area contributed by atoms with E-state index in [-0.39, 0.29) is 6.61 Å². The monoisotopic (exact) mass is 443 g/mol. The largest absolute Gasteiger partial charge is 0.395 e. The van der Waals surface area contributed by atoms with Crippen molar-refractivity contribution in [2.45, 2.75) is 13.1 Å². The van der Waals surface area contributed by atoms with E-state index in [4.69, 9.17) is 0 Å². The first kappa shape index (κ1) is 20.7. The standard InChI is InChI=1S/C23H25N9O/c1-29-15-19(14-28-29)18-5-3-4-17(12-18)13-25-21-20-6-8-32(22(20)27-16-26-21)30(2)23-24-7-9-31(23)10-11-33/h3-9,12,14-16,33H,10-11,13H2,1-2H3,(H,25,26,27). The molecule has 10 heteroatoms. The van der Waals surface area contributed by atoms with E-state index in [1.807, 2.05) is 59.2 Å². The quantitative estimate of drug-likeness (QED) is 0.380. The van der Waals surface area contributed by atoms with Crippen molar-refractivity contribution in [1.82, 2.24) is 34.0 Å². The number of nitrogens with zero attached hydrogens (tertiary/aromatic N) is 8. The fraction of sp³-hybridized carbons (Fsp3) is 0.217. The first-order valence-corrected chi connectivity index (χ1v) is 10.6. The first-order chi connectivity index (χ1) is 16.1. The molecule has 5 rings (SSSR count). The minimum Gasteiger partial charge on any atom is -0.395 e. The summed E-state index contributed by atoms with van der Waals surface area (Å²) in [4.78, 5) is 13.4. The van der Waals surface area contributed by atoms with Gasteiger partial charge in [0.05, 0.1) is 18.2 Å². The van der Waals surface area contributed by atoms with E-state index < -0.39 is 0 Å². The van der Waals surface area contributed by atoms with Crippen LogP contribution in [0.25, 0.3) is 22.2 Å². The first-order valence-electron chi connectivity index (χ1n) is 10.6. The van der Waals surface area contributed by atoms with Gasteiger partial charge < -0.3 is 15.0 Å². The maximum Gasteiger partial charge on any atom is 0.224 e. The number of aryl methyl sites for hydroxylation is 1. The van der Waals surface area contributed by atoms with Crippen molar-refractivity contribution >= 4 is 22.8 Å². The molecule has 33 heavy (non-hydrogen) atoms. The molecule has 4 aromatic heterocycles. The van der Waals surface area contributed by atoms with Gasteiger partial charge in [-0.05, 0) is 23.3 Å². The highest BCUT2D eigenvalue weighted by atomic mass is 16.3. The molecule has 4 heterocycles. The summed E-state index contributed by atoms with van der Waals surface area (Å²) in [6, 6.07) is 10.4. The van der Waals surface area contributed by atoms with Gasteiger partial charge in [-0.25, -0.2) is 19.6 Å². The van der Waals surface area contributed by atoms with Gasteiger partial charge in [0.25, 0.3) is 0 Å². The number of rotatable bonds is 8. The zero-order chi connectivity index (χ0) is 22.8. The number of aliphatic hydroxyl groups excluding tert-OH is 1. The highest BCUT2D eigenvalue weighted by Gasteiger charge is 2.15. The number of anilines is 2. The van der Waals surface area contributed by atoms with Crippen LogP contribution in [0, 0.1) is 0 Å². The van der Waals surface area contributed by atoms with Crippen LogP contribution in [-0.2, 0) is 20.1 Å². The molecule has 10 nitrogen and oxygen atoms in total. The van der Waals surface area contributed by atoms with Crippen LogP contribution in [0.3, 0.4) is 0 Å². The van der Waals surface area contributed by atoms with Crippen LogP contribution < -0.4 is 10.3 Å². The Bertz CT molecular complexity index is 1380. The molecule has 0 aliphatic carbocycles. The summed E-state index contributed by atoms with van der Waals surface area (Å²) in [5, 5.41) is 19.8. The molecule has 0 aliphatic rings. The third kappa shape index (κ3) is 4.03. The average molecular weight is 444 g/mol. The highest BCUT2D eigenvalue weighted by molar-refractivity contribution is 5.87. The minimum atomic E-state index is 0.0435. The van der Waals surface area contributed by atoms with Crippen LogP contribution >= 0.6 is 0 Å². The summed E-state index contributed by atoms with van der Waals surface area (Å²) < 4.78 is 5.61. The van der Waals surface area contributed by atoms with Gasteiger partial charge in [0.1, 0.15) is 12.1 Å². The number of fused-ring (bicyclic) bond motifs is 1. The van der Waals surface area contributed by atoms with Crippen molar-refractivity contribution in [3.05, 3.63) is 73.2 Å². The van der Waals surface area contributed by atoms with Gasteiger partial charge in [-0.3, -0.25) is 9.69 Å². The third-order valence-corrected chi connectivity index (χ3v) is 5.53. The van der Waals surface area contributed by atoms with E-state index in [0.717, 1.165) is 33.5 Å². The number of hydrogen-bond donors (Lipinski definition) is 2. The Morgan fingerprint density at radius 2 is 2.00 bits per heavy atom. The lowest BCUT2D eigenvalue weighted by Crippen LogP contribution is -2.27. The summed E-state index contributed by atoms with van der Waals surface area (Å²) in [6.45, 7) is 1.14. The Balaban J connectivity index is 1.38. The van der Waals surface area contributed by atoms with Crippen molar-refractivity contribution < 1.29 is 5.11 Å². The van der Waals surface area contributed by atoms with Crippen molar-refractivity contribution in [3.63, 3.8) is 0 Å². The molecule has 168 valence electrons. The van der Waals surface area contributed by atoms with Gasteiger partial charge in [0, 0.05) is 57.5 Å². The van der Waals surface area contributed by atoms with Crippen LogP contribution in [0.1, 0.15) is 5.56 Å². The van der Waals surface area contributed by atoms with Crippen molar-refractivity contribution in [2.75, 3.05) is 24.0 Å². The van der Waals surface area contributed by atoms with Gasteiger partial charge in [-0.1, -0.05) is 18.2 Å². The zero-order valence-electron chi connectivity index (χ0n) is 18.5. The maximum absolute atomic E-state index is 9.31. The van der Waals surface area contributed by atoms with Gasteiger partial charge in [0.15, 0.2) is 5.65 Å². The second-order valence-corrected chi connectivity index (χ2v) is 7.74. The van der Waals surface area contributed by atoms with Crippen LogP contribution in [0.2, 0.25) is 0 Å². The number of imidazole rings is 1. The molecule has 0 spiro atoms. The summed E-state index contributed by atoms with van der Waals surface area (Å²) in [7, 11) is 3.83. The van der Waals surface area contributed by atoms with E-state index in [2.05, 4.69) is 49.6 Å². The topological polar surface area (TPSA) is 102 Å². The summed E-state index contributed by atoms with van der Waals surface area (Å²) in [5.74, 6) is 1.47. The molecule has 0 bridgehead atoms. The molecule has 1 aromatic carbocycles. The molecule has 0 amide bonds. The lowest BCUT2D eigenvalue weighted by atomic mass is 10.1. The smallest absolute Gasteiger partial charge is 0.224 e. The predicted molar refractivity (Wildman–Crippen MR) is 127 cm³/mol. The number of nitrogens with one attached hydrogen (secondary N) is 1. The summed E-state index contributed by atoms with van der Waals surface area (Å²) in [6.07, 6.45) is 10.9. The van der Waals surface area contributed by atoms with Crippen molar-refractivity contribution in [1.29, 1.82) is 0 Å². The van der Waals surface area contributed by atoms with Crippen LogP contribution in [0.15, 0.2) is 67.6 Å². The molecule has 5 aromatic rings. The number of hydrogen-bond acceptors (Lipinski definition) is 7. The van der Waals surface area contributed by atoms with Gasteiger partial charge in [-0.15, -0.1) is 0 Å². The molecular formula is C23H25N9O. The van der Waals surface area contributed by atoms with E-state index >= 15 is 0 Å². The minimum absolute atomic E-state index is 0.0435. The van der Waals surface area contributed by atoms with Gasteiger partial charge >= 0.3 is 0 Å². The number of aromatic nitrogens is 7. The van der Waals surface area contributed by atoms with E-state index in [0.29, 0.717) is 19.0 Å². The lowest BCUT2D eigenvalue weighted by Gasteiger charge is -2.21. The maximum atomic E-state index is 9.31. The number of aliphatic hydroxyl groups is 1. The second kappa shape index (κ2) is 8.75. The second-order valence-electron chi connectivity index (χ2n) is 7.74. The molecule has 0 atom stereocenters. The third-order valence-electron chi connectivity index (χ3n) is 5.53. The Morgan fingerprint density at radius 1 is 1.09 bits per heavy atom. The van der Waals surface area contributed by atoms with Crippen LogP contribution in [0.4, 0.5) is 11.8 Å². The van der Waals surface area contributed by atoms with Gasteiger partial charge in [-0.2, -0.15) is 5.10 Å². The summed E-state index contributed by atoms with van der Waals surface area (Å²) in [5.41, 5.74) is 4.12. The molecule has 0 saturated heterocycles. The Morgan fingerprint density at radius 3 is 2.82 bits per heavy atom. The molecule has 0 radical (unpaired) electrons. The Hall–Kier alpha value is -4.18. The van der Waals surface area contributed by atoms with Crippen molar-refractivity contribution in [3.8, 4) is 11.1 Å². The number of benzene rings is 1. The SMILES string of the molecule is CN(c1nccn1CCO)n1ccc2c(NCc3cccc(-c4cnn(C)c4)c3)ncnc21. The average Bonchev–Trinajstić information content (AvgIpc) is 3.57. The molecule has 0 unspecified atom stereocenters. The lowest BCUT2D eigenvalue weighted by molar-refractivity contribution is 0.276. The van der Waals surface area contributed by atoms with Crippen LogP contribution in [0.5, 0.6) is 0 Å². The van der Waals surface area contributed by atoms with Gasteiger partial charge in [0.2, 0.25) is 5.95 Å². The van der Waals surface area contributed by atoms with E-state index in [9.17, 15) is 5.11 Å². The van der Waals surface area contributed by atoms with E-state index in [1.165, 1.54) is 0 Å². The molecule has 0 saturated carbocycles. The molecule has 0 fully saturated rings. The fourth-order valence-corrected chi connectivity index (χ4v) is 3.91. The normalized spacial score (nSPS) is 11.2. The molecular weight excluding hydrogens is 418 g/mol. The zero-order valence-corrected chi connectivity index (χ0v) is 18.5. The highest BCUT2D eigenvalue weighted by Crippen LogP contribution is 2.24. The Kier molecular flexibility index (Phi) is 5.49. The molecule has 2 N–H and O–H groups in total. The fourth-order valence-electron chi connectivity index (χ4n) is 3.91. The Labute approximate surface area is 190 Å². The van der Waals surface area contributed by atoms with Crippen molar-refractivity contribution in [2.24, 2.45) is 7.05 Å². The molecule has 0 aliphatic heterocycles.